The molecule has 6 aromatic carbocycles. The van der Waals surface area contributed by atoms with Gasteiger partial charge in [0.05, 0.1) is 6.61 Å². The van der Waals surface area contributed by atoms with E-state index >= 15 is 0 Å². The van der Waals surface area contributed by atoms with Crippen molar-refractivity contribution in [3.63, 3.8) is 0 Å². The minimum absolute atomic E-state index is 0.563. The Labute approximate surface area is 225 Å². The number of methoxy groups -OCH3 is 1. The zero-order valence-corrected chi connectivity index (χ0v) is 22.5. The van der Waals surface area contributed by atoms with Gasteiger partial charge >= 0.3 is 0 Å². The fourth-order valence-corrected chi connectivity index (χ4v) is 5.83. The Bertz CT molecular complexity index is 1810. The maximum Gasteiger partial charge on any atom is 0.0719 e. The van der Waals surface area contributed by atoms with E-state index in [1.54, 1.807) is 7.11 Å². The molecular formula is C37H32O. The summed E-state index contributed by atoms with van der Waals surface area (Å²) in [5.41, 5.74) is 12.6. The van der Waals surface area contributed by atoms with E-state index in [0.29, 0.717) is 6.61 Å². The molecule has 0 amide bonds. The van der Waals surface area contributed by atoms with Gasteiger partial charge < -0.3 is 4.74 Å². The Balaban J connectivity index is 1.87. The minimum atomic E-state index is 0.563. The van der Waals surface area contributed by atoms with Gasteiger partial charge in [-0.05, 0) is 111 Å². The highest BCUT2D eigenvalue weighted by atomic mass is 16.5. The molecule has 0 unspecified atom stereocenters. The summed E-state index contributed by atoms with van der Waals surface area (Å²) in [4.78, 5) is 0. The number of aryl methyl sites for hydroxylation is 3. The molecular weight excluding hydrogens is 460 g/mol. The fourth-order valence-electron chi connectivity index (χ4n) is 5.83. The van der Waals surface area contributed by atoms with E-state index in [2.05, 4.69) is 130 Å². The Morgan fingerprint density at radius 3 is 1.82 bits per heavy atom. The van der Waals surface area contributed by atoms with Crippen molar-refractivity contribution >= 4 is 21.5 Å². The SMILES string of the molecule is COCc1cc(C)ccc1-c1c(-c2ccccc2C)c(-c2ccccc2C)cc2cc3ccccc3cc12. The highest BCUT2D eigenvalue weighted by Gasteiger charge is 2.22. The normalized spacial score (nSPS) is 11.4. The average Bonchev–Trinajstić information content (AvgIpc) is 2.92. The molecule has 0 aliphatic carbocycles. The highest BCUT2D eigenvalue weighted by molar-refractivity contribution is 6.14. The molecule has 1 nitrogen and oxygen atoms in total. The third-order valence-electron chi connectivity index (χ3n) is 7.69. The summed E-state index contributed by atoms with van der Waals surface area (Å²) in [6.45, 7) is 7.15. The lowest BCUT2D eigenvalue weighted by Gasteiger charge is -2.23. The number of hydrogen-bond donors (Lipinski definition) is 0. The van der Waals surface area contributed by atoms with Gasteiger partial charge in [-0.2, -0.15) is 0 Å². The minimum Gasteiger partial charge on any atom is -0.380 e. The van der Waals surface area contributed by atoms with Gasteiger partial charge in [-0.25, -0.2) is 0 Å². The zero-order valence-electron chi connectivity index (χ0n) is 22.5. The molecule has 0 bridgehead atoms. The third kappa shape index (κ3) is 4.20. The van der Waals surface area contributed by atoms with Crippen LogP contribution in [-0.4, -0.2) is 7.11 Å². The van der Waals surface area contributed by atoms with Gasteiger partial charge in [-0.3, -0.25) is 0 Å². The first-order valence-electron chi connectivity index (χ1n) is 13.3. The van der Waals surface area contributed by atoms with E-state index in [1.807, 2.05) is 0 Å². The summed E-state index contributed by atoms with van der Waals surface area (Å²) in [6.07, 6.45) is 0. The lowest BCUT2D eigenvalue weighted by molar-refractivity contribution is 0.185. The summed E-state index contributed by atoms with van der Waals surface area (Å²) in [5.74, 6) is 0. The van der Waals surface area contributed by atoms with Crippen molar-refractivity contribution in [1.29, 1.82) is 0 Å². The summed E-state index contributed by atoms with van der Waals surface area (Å²) < 4.78 is 5.73. The second-order valence-corrected chi connectivity index (χ2v) is 10.3. The van der Waals surface area contributed by atoms with Crippen LogP contribution < -0.4 is 0 Å². The van der Waals surface area contributed by atoms with Crippen LogP contribution in [0, 0.1) is 20.8 Å². The van der Waals surface area contributed by atoms with Gasteiger partial charge in [0, 0.05) is 7.11 Å². The van der Waals surface area contributed by atoms with Gasteiger partial charge in [-0.1, -0.05) is 96.6 Å². The Morgan fingerprint density at radius 1 is 0.500 bits per heavy atom. The first kappa shape index (κ1) is 24.2. The maximum absolute atomic E-state index is 5.73. The number of ether oxygens (including phenoxy) is 1. The van der Waals surface area contributed by atoms with Crippen LogP contribution in [0.2, 0.25) is 0 Å². The lowest BCUT2D eigenvalue weighted by atomic mass is 9.80. The van der Waals surface area contributed by atoms with Crippen LogP contribution in [0.25, 0.3) is 54.9 Å². The van der Waals surface area contributed by atoms with Gasteiger partial charge in [0.15, 0.2) is 0 Å². The van der Waals surface area contributed by atoms with Crippen LogP contribution in [0.4, 0.5) is 0 Å². The van der Waals surface area contributed by atoms with Crippen LogP contribution in [0.15, 0.2) is 109 Å². The van der Waals surface area contributed by atoms with Crippen molar-refractivity contribution in [2.24, 2.45) is 0 Å². The smallest absolute Gasteiger partial charge is 0.0719 e. The van der Waals surface area contributed by atoms with Gasteiger partial charge in [0.2, 0.25) is 0 Å². The molecule has 0 N–H and O–H groups in total. The van der Waals surface area contributed by atoms with Crippen LogP contribution in [0.3, 0.4) is 0 Å². The van der Waals surface area contributed by atoms with Gasteiger partial charge in [0.25, 0.3) is 0 Å². The molecule has 6 rings (SSSR count). The second kappa shape index (κ2) is 9.93. The van der Waals surface area contributed by atoms with E-state index in [1.165, 1.54) is 77.2 Å². The molecule has 186 valence electrons. The number of benzene rings is 6. The first-order valence-corrected chi connectivity index (χ1v) is 13.3. The van der Waals surface area contributed by atoms with Crippen molar-refractivity contribution in [2.75, 3.05) is 7.11 Å². The number of fused-ring (bicyclic) bond motifs is 2. The fraction of sp³-hybridized carbons (Fsp3) is 0.135. The lowest BCUT2D eigenvalue weighted by Crippen LogP contribution is -1.99. The molecule has 0 aromatic heterocycles. The second-order valence-electron chi connectivity index (χ2n) is 10.3. The number of rotatable bonds is 5. The van der Waals surface area contributed by atoms with Crippen LogP contribution in [0.5, 0.6) is 0 Å². The molecule has 0 radical (unpaired) electrons. The molecule has 38 heavy (non-hydrogen) atoms. The van der Waals surface area contributed by atoms with E-state index in [0.717, 1.165) is 0 Å². The summed E-state index contributed by atoms with van der Waals surface area (Å²) >= 11 is 0. The maximum atomic E-state index is 5.73. The molecule has 0 saturated heterocycles. The topological polar surface area (TPSA) is 9.23 Å². The van der Waals surface area contributed by atoms with Crippen molar-refractivity contribution < 1.29 is 4.74 Å². The zero-order chi connectivity index (χ0) is 26.2. The van der Waals surface area contributed by atoms with Crippen LogP contribution in [-0.2, 0) is 11.3 Å². The molecule has 0 spiro atoms. The monoisotopic (exact) mass is 492 g/mol. The first-order chi connectivity index (χ1) is 18.5. The summed E-state index contributed by atoms with van der Waals surface area (Å²) in [6, 6.07) is 40.1. The van der Waals surface area contributed by atoms with E-state index in [4.69, 9.17) is 4.74 Å². The molecule has 6 aromatic rings. The van der Waals surface area contributed by atoms with Gasteiger partial charge in [0.1, 0.15) is 0 Å². The average molecular weight is 493 g/mol. The van der Waals surface area contributed by atoms with E-state index in [9.17, 15) is 0 Å². The molecule has 0 atom stereocenters. The summed E-state index contributed by atoms with van der Waals surface area (Å²) in [7, 11) is 1.78. The molecule has 0 saturated carbocycles. The molecule has 0 heterocycles. The van der Waals surface area contributed by atoms with Crippen molar-refractivity contribution in [2.45, 2.75) is 27.4 Å². The Hall–Kier alpha value is -4.20. The van der Waals surface area contributed by atoms with E-state index in [-0.39, 0.29) is 0 Å². The van der Waals surface area contributed by atoms with Crippen LogP contribution >= 0.6 is 0 Å². The largest absolute Gasteiger partial charge is 0.380 e. The van der Waals surface area contributed by atoms with Crippen molar-refractivity contribution in [3.8, 4) is 33.4 Å². The quantitative estimate of drug-likeness (QED) is 0.218. The highest BCUT2D eigenvalue weighted by Crippen LogP contribution is 2.48. The van der Waals surface area contributed by atoms with Crippen LogP contribution in [0.1, 0.15) is 22.3 Å². The van der Waals surface area contributed by atoms with E-state index < -0.39 is 0 Å². The van der Waals surface area contributed by atoms with Crippen molar-refractivity contribution in [1.82, 2.24) is 0 Å². The molecule has 0 fully saturated rings. The third-order valence-corrected chi connectivity index (χ3v) is 7.69. The number of hydrogen-bond acceptors (Lipinski definition) is 1. The standard InChI is InChI=1S/C37H32O/c1-24-17-18-33(30(19-24)23-38-4)37-34-21-28-14-8-7-13-27(28)20-29(34)22-35(31-15-9-5-11-25(31)2)36(37)32-16-10-6-12-26(32)3/h5-22H,23H2,1-4H3. The molecule has 0 aliphatic heterocycles. The summed E-state index contributed by atoms with van der Waals surface area (Å²) in [5, 5.41) is 5.02. The Kier molecular flexibility index (Phi) is 6.31. The van der Waals surface area contributed by atoms with Crippen molar-refractivity contribution in [3.05, 3.63) is 131 Å². The predicted molar refractivity (Wildman–Crippen MR) is 163 cm³/mol. The van der Waals surface area contributed by atoms with Gasteiger partial charge in [-0.15, -0.1) is 0 Å². The molecule has 1 heteroatoms. The Morgan fingerprint density at radius 2 is 1.13 bits per heavy atom. The molecule has 0 aliphatic rings. The predicted octanol–water partition coefficient (Wildman–Crippen LogP) is 10.1.